The minimum Gasteiger partial charge on any atom is -0.358 e. The molecule has 2 heterocycles. The van der Waals surface area contributed by atoms with Gasteiger partial charge in [0.05, 0.1) is 17.0 Å². The Hall–Kier alpha value is -2.64. The Balaban J connectivity index is 1.93. The fourth-order valence-electron chi connectivity index (χ4n) is 3.51. The molecule has 2 unspecified atom stereocenters. The van der Waals surface area contributed by atoms with Crippen LogP contribution in [0.3, 0.4) is 0 Å². The second-order valence-electron chi connectivity index (χ2n) is 6.94. The quantitative estimate of drug-likeness (QED) is 0.611. The van der Waals surface area contributed by atoms with E-state index in [-0.39, 0.29) is 0 Å². The van der Waals surface area contributed by atoms with Crippen molar-refractivity contribution in [3.63, 3.8) is 0 Å². The molecule has 2 N–H and O–H groups in total. The summed E-state index contributed by atoms with van der Waals surface area (Å²) in [5, 5.41) is 4.54. The van der Waals surface area contributed by atoms with Gasteiger partial charge in [0.1, 0.15) is 12.1 Å². The van der Waals surface area contributed by atoms with Crippen LogP contribution in [0, 0.1) is 6.92 Å². The molecule has 2 aromatic carbocycles. The predicted molar refractivity (Wildman–Crippen MR) is 105 cm³/mol. The molecule has 150 valence electrons. The largest absolute Gasteiger partial charge is 0.403 e. The molecule has 0 amide bonds. The lowest BCUT2D eigenvalue weighted by Crippen LogP contribution is -2.38. The van der Waals surface area contributed by atoms with Crippen molar-refractivity contribution < 1.29 is 17.7 Å². The molecule has 1 aromatic heterocycles. The van der Waals surface area contributed by atoms with Crippen molar-refractivity contribution in [2.24, 2.45) is 10.7 Å². The Morgan fingerprint density at radius 3 is 2.41 bits per heavy atom. The van der Waals surface area contributed by atoms with Gasteiger partial charge < -0.3 is 10.3 Å². The fourth-order valence-corrected chi connectivity index (χ4v) is 3.63. The number of nitrogens with two attached hydrogens (primary N) is 1. The summed E-state index contributed by atoms with van der Waals surface area (Å²) in [6, 6.07) is 11.5. The topological polar surface area (TPSA) is 64.4 Å². The maximum Gasteiger partial charge on any atom is 0.403 e. The highest BCUT2D eigenvalue weighted by Crippen LogP contribution is 2.42. The van der Waals surface area contributed by atoms with Crippen molar-refractivity contribution in [3.05, 3.63) is 76.1 Å². The minimum absolute atomic E-state index is 0.290. The van der Waals surface area contributed by atoms with E-state index in [1.54, 1.807) is 31.2 Å². The minimum atomic E-state index is -4.54. The van der Waals surface area contributed by atoms with E-state index >= 15 is 0 Å². The number of aromatic nitrogens is 1. The zero-order valence-corrected chi connectivity index (χ0v) is 16.1. The molecule has 4 nitrogen and oxygen atoms in total. The highest BCUT2D eigenvalue weighted by molar-refractivity contribution is 6.30. The Labute approximate surface area is 170 Å². The number of aryl methyl sites for hydroxylation is 1. The van der Waals surface area contributed by atoms with E-state index in [1.165, 1.54) is 0 Å². The van der Waals surface area contributed by atoms with Gasteiger partial charge in [0, 0.05) is 22.6 Å². The molecule has 2 atom stereocenters. The van der Waals surface area contributed by atoms with Gasteiger partial charge in [0.2, 0.25) is 0 Å². The second kappa shape index (κ2) is 7.31. The van der Waals surface area contributed by atoms with Crippen LogP contribution in [0.15, 0.2) is 58.0 Å². The third-order valence-electron chi connectivity index (χ3n) is 4.94. The maximum atomic E-state index is 13.2. The summed E-state index contributed by atoms with van der Waals surface area (Å²) < 4.78 is 45.0. The van der Waals surface area contributed by atoms with Crippen LogP contribution in [0.1, 0.15) is 35.0 Å². The lowest BCUT2D eigenvalue weighted by Gasteiger charge is -2.19. The van der Waals surface area contributed by atoms with Crippen molar-refractivity contribution in [1.29, 1.82) is 0 Å². The van der Waals surface area contributed by atoms with Crippen LogP contribution in [0.25, 0.3) is 11.1 Å². The number of nitrogens with zero attached hydrogens (tertiary/aromatic N) is 2. The van der Waals surface area contributed by atoms with Crippen molar-refractivity contribution in [2.75, 3.05) is 0 Å². The fraction of sp³-hybridized carbons (Fsp3) is 0.238. The Kier molecular flexibility index (Phi) is 4.96. The molecule has 0 bridgehead atoms. The molecule has 1 aliphatic rings. The molecule has 0 aliphatic carbocycles. The SMILES string of the molecule is Cc1noc2c1-c1ccccc1C(c1ccc(Cl)cc1)=NC2CC(N)C(F)(F)F. The van der Waals surface area contributed by atoms with Crippen molar-refractivity contribution >= 4 is 17.3 Å². The molecule has 1 aliphatic heterocycles. The lowest BCUT2D eigenvalue weighted by molar-refractivity contribution is -0.150. The van der Waals surface area contributed by atoms with Gasteiger partial charge in [-0.25, -0.2) is 0 Å². The van der Waals surface area contributed by atoms with Gasteiger partial charge in [0.25, 0.3) is 0 Å². The highest BCUT2D eigenvalue weighted by Gasteiger charge is 2.40. The van der Waals surface area contributed by atoms with Crippen molar-refractivity contribution in [1.82, 2.24) is 5.16 Å². The Morgan fingerprint density at radius 1 is 1.10 bits per heavy atom. The summed E-state index contributed by atoms with van der Waals surface area (Å²) >= 11 is 6.00. The van der Waals surface area contributed by atoms with Crippen molar-refractivity contribution in [2.45, 2.75) is 31.6 Å². The van der Waals surface area contributed by atoms with Crippen LogP contribution < -0.4 is 5.73 Å². The number of halogens is 4. The van der Waals surface area contributed by atoms with Crippen LogP contribution >= 0.6 is 11.6 Å². The van der Waals surface area contributed by atoms with E-state index in [9.17, 15) is 13.2 Å². The van der Waals surface area contributed by atoms with Gasteiger partial charge in [0.15, 0.2) is 5.76 Å². The summed E-state index contributed by atoms with van der Waals surface area (Å²) in [5.41, 5.74) is 9.56. The number of hydrogen-bond acceptors (Lipinski definition) is 4. The average Bonchev–Trinajstić information content (AvgIpc) is 3.00. The van der Waals surface area contributed by atoms with E-state index in [0.29, 0.717) is 27.8 Å². The molecule has 3 aromatic rings. The zero-order valence-electron chi connectivity index (χ0n) is 15.4. The number of rotatable bonds is 3. The number of aliphatic imine (C=N–C) groups is 1. The third kappa shape index (κ3) is 3.68. The first-order chi connectivity index (χ1) is 13.8. The summed E-state index contributed by atoms with van der Waals surface area (Å²) in [6.07, 6.45) is -4.99. The number of alkyl halides is 3. The number of fused-ring (bicyclic) bond motifs is 3. The highest BCUT2D eigenvalue weighted by atomic mass is 35.5. The molecule has 0 spiro atoms. The van der Waals surface area contributed by atoms with Crippen LogP contribution in [-0.4, -0.2) is 23.1 Å². The first-order valence-corrected chi connectivity index (χ1v) is 9.35. The summed E-state index contributed by atoms with van der Waals surface area (Å²) in [6.45, 7) is 1.76. The van der Waals surface area contributed by atoms with Gasteiger partial charge in [-0.15, -0.1) is 0 Å². The zero-order chi connectivity index (χ0) is 20.8. The van der Waals surface area contributed by atoms with Crippen LogP contribution in [-0.2, 0) is 0 Å². The maximum absolute atomic E-state index is 13.2. The molecular formula is C21H17ClF3N3O. The molecule has 29 heavy (non-hydrogen) atoms. The van der Waals surface area contributed by atoms with E-state index in [1.807, 2.05) is 24.3 Å². The van der Waals surface area contributed by atoms with Gasteiger partial charge in [-0.05, 0) is 24.6 Å². The number of benzene rings is 2. The average molecular weight is 420 g/mol. The molecule has 0 saturated carbocycles. The van der Waals surface area contributed by atoms with E-state index in [2.05, 4.69) is 10.1 Å². The Bertz CT molecular complexity index is 1070. The first kappa shape index (κ1) is 19.7. The van der Waals surface area contributed by atoms with Gasteiger partial charge in [-0.2, -0.15) is 13.2 Å². The molecule has 8 heteroatoms. The molecule has 0 saturated heterocycles. The van der Waals surface area contributed by atoms with Gasteiger partial charge in [-0.1, -0.05) is 53.2 Å². The number of hydrogen-bond donors (Lipinski definition) is 1. The summed E-state index contributed by atoms with van der Waals surface area (Å²) in [4.78, 5) is 4.68. The van der Waals surface area contributed by atoms with Crippen LogP contribution in [0.4, 0.5) is 13.2 Å². The first-order valence-electron chi connectivity index (χ1n) is 8.97. The second-order valence-corrected chi connectivity index (χ2v) is 7.37. The lowest BCUT2D eigenvalue weighted by atomic mass is 9.92. The summed E-state index contributed by atoms with van der Waals surface area (Å²) in [5.74, 6) is 0.290. The van der Waals surface area contributed by atoms with E-state index in [4.69, 9.17) is 21.9 Å². The molecule has 0 radical (unpaired) electrons. The molecular weight excluding hydrogens is 403 g/mol. The van der Waals surface area contributed by atoms with E-state index < -0.39 is 24.7 Å². The monoisotopic (exact) mass is 419 g/mol. The summed E-state index contributed by atoms with van der Waals surface area (Å²) in [7, 11) is 0. The van der Waals surface area contributed by atoms with Gasteiger partial charge >= 0.3 is 6.18 Å². The predicted octanol–water partition coefficient (Wildman–Crippen LogP) is 5.48. The Morgan fingerprint density at radius 2 is 1.76 bits per heavy atom. The third-order valence-corrected chi connectivity index (χ3v) is 5.20. The van der Waals surface area contributed by atoms with Crippen LogP contribution in [0.5, 0.6) is 0 Å². The van der Waals surface area contributed by atoms with Crippen LogP contribution in [0.2, 0.25) is 5.02 Å². The normalized spacial score (nSPS) is 17.2. The molecule has 0 fully saturated rings. The molecule has 4 rings (SSSR count). The van der Waals surface area contributed by atoms with Crippen molar-refractivity contribution in [3.8, 4) is 11.1 Å². The van der Waals surface area contributed by atoms with E-state index in [0.717, 1.165) is 16.7 Å². The standard InChI is InChI=1S/C21H17ClF3N3O/c1-11-18-14-4-2-3-5-15(14)19(12-6-8-13(22)9-7-12)27-16(20(18)29-28-11)10-17(26)21(23,24)25/h2-9,16-17H,10,26H2,1H3. The van der Waals surface area contributed by atoms with Gasteiger partial charge in [-0.3, -0.25) is 4.99 Å². The smallest absolute Gasteiger partial charge is 0.358 e.